The van der Waals surface area contributed by atoms with E-state index in [9.17, 15) is 4.79 Å². The maximum Gasteiger partial charge on any atom is 0.285 e. The maximum atomic E-state index is 11.7. The van der Waals surface area contributed by atoms with Gasteiger partial charge in [-0.25, -0.2) is 10.1 Å². The first-order chi connectivity index (χ1) is 13.7. The molecule has 1 fully saturated rings. The lowest BCUT2D eigenvalue weighted by molar-refractivity contribution is 0.246. The molecule has 0 unspecified atom stereocenters. The standard InChI is InChI=1S/C20H20ClN5O2/c21-18-17(13-23-24-19(18)27)26-11-9-25(10-12-26)14-15-5-4-8-22-20(15)28-16-6-2-1-3-7-16/h1-8,13H,9-12,14H2,(H,24,27). The van der Waals surface area contributed by atoms with Crippen LogP contribution in [0.5, 0.6) is 11.6 Å². The summed E-state index contributed by atoms with van der Waals surface area (Å²) in [7, 11) is 0. The van der Waals surface area contributed by atoms with Gasteiger partial charge in [0.2, 0.25) is 5.88 Å². The minimum Gasteiger partial charge on any atom is -0.439 e. The predicted molar refractivity (Wildman–Crippen MR) is 108 cm³/mol. The zero-order valence-corrected chi connectivity index (χ0v) is 16.0. The summed E-state index contributed by atoms with van der Waals surface area (Å²) in [6.07, 6.45) is 3.34. The van der Waals surface area contributed by atoms with E-state index in [0.29, 0.717) is 11.6 Å². The molecule has 28 heavy (non-hydrogen) atoms. The normalized spacial score (nSPS) is 14.8. The van der Waals surface area contributed by atoms with Gasteiger partial charge in [-0.3, -0.25) is 9.69 Å². The molecule has 1 N–H and O–H groups in total. The van der Waals surface area contributed by atoms with Crippen LogP contribution in [0.3, 0.4) is 0 Å². The van der Waals surface area contributed by atoms with Gasteiger partial charge in [0.1, 0.15) is 10.8 Å². The number of rotatable bonds is 5. The smallest absolute Gasteiger partial charge is 0.285 e. The molecule has 1 aliphatic heterocycles. The van der Waals surface area contributed by atoms with Crippen LogP contribution >= 0.6 is 11.6 Å². The summed E-state index contributed by atoms with van der Waals surface area (Å²) in [4.78, 5) is 20.5. The van der Waals surface area contributed by atoms with Crippen molar-refractivity contribution in [2.75, 3.05) is 31.1 Å². The molecule has 1 saturated heterocycles. The van der Waals surface area contributed by atoms with Crippen molar-refractivity contribution in [3.63, 3.8) is 0 Å². The Labute approximate surface area is 167 Å². The van der Waals surface area contributed by atoms with Crippen molar-refractivity contribution in [3.05, 3.63) is 75.8 Å². The first-order valence-electron chi connectivity index (χ1n) is 9.08. The first kappa shape index (κ1) is 18.5. The molecule has 0 saturated carbocycles. The van der Waals surface area contributed by atoms with E-state index >= 15 is 0 Å². The number of para-hydroxylation sites is 1. The zero-order valence-electron chi connectivity index (χ0n) is 15.2. The molecular weight excluding hydrogens is 378 g/mol. The summed E-state index contributed by atoms with van der Waals surface area (Å²) < 4.78 is 5.96. The molecule has 144 valence electrons. The highest BCUT2D eigenvalue weighted by molar-refractivity contribution is 6.33. The summed E-state index contributed by atoms with van der Waals surface area (Å²) in [5.41, 5.74) is 1.36. The van der Waals surface area contributed by atoms with E-state index in [2.05, 4.69) is 25.0 Å². The van der Waals surface area contributed by atoms with Crippen molar-refractivity contribution in [3.8, 4) is 11.6 Å². The Morgan fingerprint density at radius 1 is 1.07 bits per heavy atom. The van der Waals surface area contributed by atoms with E-state index in [1.807, 2.05) is 42.5 Å². The van der Waals surface area contributed by atoms with Gasteiger partial charge in [-0.15, -0.1) is 0 Å². The fourth-order valence-electron chi connectivity index (χ4n) is 3.22. The number of benzene rings is 1. The van der Waals surface area contributed by atoms with Gasteiger partial charge in [0.15, 0.2) is 0 Å². The van der Waals surface area contributed by atoms with Gasteiger partial charge in [0.25, 0.3) is 5.56 Å². The number of pyridine rings is 1. The molecular formula is C20H20ClN5O2. The Morgan fingerprint density at radius 3 is 2.64 bits per heavy atom. The molecule has 3 aromatic rings. The van der Waals surface area contributed by atoms with Gasteiger partial charge < -0.3 is 9.64 Å². The van der Waals surface area contributed by atoms with Crippen molar-refractivity contribution >= 4 is 17.3 Å². The van der Waals surface area contributed by atoms with Gasteiger partial charge in [0, 0.05) is 44.5 Å². The molecule has 0 aliphatic carbocycles. The number of nitrogens with one attached hydrogen (secondary N) is 1. The Balaban J connectivity index is 1.41. The average molecular weight is 398 g/mol. The highest BCUT2D eigenvalue weighted by Gasteiger charge is 2.21. The Bertz CT molecular complexity index is 987. The van der Waals surface area contributed by atoms with Crippen molar-refractivity contribution in [2.24, 2.45) is 0 Å². The fourth-order valence-corrected chi connectivity index (χ4v) is 3.43. The number of halogens is 1. The van der Waals surface area contributed by atoms with E-state index in [-0.39, 0.29) is 10.6 Å². The number of anilines is 1. The lowest BCUT2D eigenvalue weighted by Gasteiger charge is -2.36. The average Bonchev–Trinajstić information content (AvgIpc) is 2.73. The highest BCUT2D eigenvalue weighted by Crippen LogP contribution is 2.25. The number of aromatic amines is 1. The predicted octanol–water partition coefficient (Wildman–Crippen LogP) is 2.93. The number of hydrogen-bond acceptors (Lipinski definition) is 6. The van der Waals surface area contributed by atoms with Crippen LogP contribution in [0.1, 0.15) is 5.56 Å². The van der Waals surface area contributed by atoms with Crippen molar-refractivity contribution < 1.29 is 4.74 Å². The summed E-state index contributed by atoms with van der Waals surface area (Å²) in [6.45, 7) is 3.94. The monoisotopic (exact) mass is 397 g/mol. The Hall–Kier alpha value is -2.90. The summed E-state index contributed by atoms with van der Waals surface area (Å²) in [5, 5.41) is 6.40. The van der Waals surface area contributed by atoms with Gasteiger partial charge in [-0.2, -0.15) is 5.10 Å². The van der Waals surface area contributed by atoms with E-state index in [1.165, 1.54) is 0 Å². The molecule has 0 atom stereocenters. The molecule has 4 rings (SSSR count). The van der Waals surface area contributed by atoms with Crippen molar-refractivity contribution in [1.29, 1.82) is 0 Å². The summed E-state index contributed by atoms with van der Waals surface area (Å²) in [5.74, 6) is 1.39. The van der Waals surface area contributed by atoms with E-state index in [4.69, 9.17) is 16.3 Å². The van der Waals surface area contributed by atoms with E-state index in [0.717, 1.165) is 44.0 Å². The van der Waals surface area contributed by atoms with Crippen molar-refractivity contribution in [1.82, 2.24) is 20.1 Å². The fraction of sp³-hybridized carbons (Fsp3) is 0.250. The van der Waals surface area contributed by atoms with Crippen LogP contribution in [0.4, 0.5) is 5.69 Å². The number of nitrogens with zero attached hydrogens (tertiary/aromatic N) is 4. The second-order valence-corrected chi connectivity index (χ2v) is 6.92. The molecule has 0 amide bonds. The van der Waals surface area contributed by atoms with Gasteiger partial charge in [0.05, 0.1) is 11.9 Å². The molecule has 1 aromatic carbocycles. The van der Waals surface area contributed by atoms with Crippen LogP contribution < -0.4 is 15.2 Å². The minimum atomic E-state index is -0.361. The first-order valence-corrected chi connectivity index (χ1v) is 9.46. The van der Waals surface area contributed by atoms with E-state index in [1.54, 1.807) is 12.4 Å². The number of hydrogen-bond donors (Lipinski definition) is 1. The maximum absolute atomic E-state index is 11.7. The van der Waals surface area contributed by atoms with E-state index < -0.39 is 0 Å². The molecule has 1 aliphatic rings. The SMILES string of the molecule is O=c1[nH]ncc(N2CCN(Cc3cccnc3Oc3ccccc3)CC2)c1Cl. The largest absolute Gasteiger partial charge is 0.439 e. The molecule has 3 heterocycles. The Morgan fingerprint density at radius 2 is 1.86 bits per heavy atom. The van der Waals surface area contributed by atoms with Gasteiger partial charge in [-0.05, 0) is 18.2 Å². The summed E-state index contributed by atoms with van der Waals surface area (Å²) >= 11 is 6.13. The number of H-pyrrole nitrogens is 1. The molecule has 0 radical (unpaired) electrons. The van der Waals surface area contributed by atoms with Crippen LogP contribution in [-0.2, 0) is 6.54 Å². The number of ether oxygens (including phenoxy) is 1. The summed E-state index contributed by atoms with van der Waals surface area (Å²) in [6, 6.07) is 13.6. The third-order valence-electron chi connectivity index (χ3n) is 4.69. The molecule has 2 aromatic heterocycles. The third-order valence-corrected chi connectivity index (χ3v) is 5.06. The topological polar surface area (TPSA) is 74.4 Å². The van der Waals surface area contributed by atoms with Crippen LogP contribution in [0.25, 0.3) is 0 Å². The lowest BCUT2D eigenvalue weighted by Crippen LogP contribution is -2.46. The van der Waals surface area contributed by atoms with Crippen LogP contribution in [-0.4, -0.2) is 46.3 Å². The molecule has 0 spiro atoms. The molecule has 7 nitrogen and oxygen atoms in total. The lowest BCUT2D eigenvalue weighted by atomic mass is 10.2. The van der Waals surface area contributed by atoms with Gasteiger partial charge in [-0.1, -0.05) is 35.9 Å². The van der Waals surface area contributed by atoms with Crippen LogP contribution in [0.15, 0.2) is 59.7 Å². The number of aromatic nitrogens is 3. The highest BCUT2D eigenvalue weighted by atomic mass is 35.5. The zero-order chi connectivity index (χ0) is 19.3. The van der Waals surface area contributed by atoms with Crippen molar-refractivity contribution in [2.45, 2.75) is 6.54 Å². The molecule has 8 heteroatoms. The van der Waals surface area contributed by atoms with Crippen LogP contribution in [0.2, 0.25) is 5.02 Å². The number of piperazine rings is 1. The molecule has 0 bridgehead atoms. The second kappa shape index (κ2) is 8.41. The second-order valence-electron chi connectivity index (χ2n) is 6.54. The Kier molecular flexibility index (Phi) is 5.55. The van der Waals surface area contributed by atoms with Gasteiger partial charge >= 0.3 is 0 Å². The third kappa shape index (κ3) is 4.16. The minimum absolute atomic E-state index is 0.189. The quantitative estimate of drug-likeness (QED) is 0.713. The van der Waals surface area contributed by atoms with Crippen LogP contribution in [0, 0.1) is 0 Å².